The Labute approximate surface area is 180 Å². The summed E-state index contributed by atoms with van der Waals surface area (Å²) in [5.74, 6) is -1.08. The smallest absolute Gasteiger partial charge is 0.321 e. The van der Waals surface area contributed by atoms with Gasteiger partial charge in [0, 0.05) is 30.3 Å². The summed E-state index contributed by atoms with van der Waals surface area (Å²) in [6, 6.07) is 16.2. The molecule has 158 valence electrons. The highest BCUT2D eigenvalue weighted by atomic mass is 35.5. The van der Waals surface area contributed by atoms with Crippen molar-refractivity contribution in [2.75, 3.05) is 25.0 Å². The van der Waals surface area contributed by atoms with E-state index in [1.807, 2.05) is 42.5 Å². The SMILES string of the molecule is O=C(COC(=O)C1CCN(C(=O)Nc2ccccc2)CC1)NCc1ccc(Cl)cc1. The fourth-order valence-electron chi connectivity index (χ4n) is 3.15. The molecule has 8 heteroatoms. The molecule has 0 unspecified atom stereocenters. The Morgan fingerprint density at radius 2 is 1.67 bits per heavy atom. The predicted molar refractivity (Wildman–Crippen MR) is 114 cm³/mol. The number of nitrogens with zero attached hydrogens (tertiary/aromatic N) is 1. The molecule has 0 radical (unpaired) electrons. The highest BCUT2D eigenvalue weighted by Gasteiger charge is 2.28. The summed E-state index contributed by atoms with van der Waals surface area (Å²) in [7, 11) is 0. The number of nitrogens with one attached hydrogen (secondary N) is 2. The van der Waals surface area contributed by atoms with Crippen molar-refractivity contribution in [3.05, 3.63) is 65.2 Å². The van der Waals surface area contributed by atoms with E-state index in [0.717, 1.165) is 11.3 Å². The molecular formula is C22H24ClN3O4. The van der Waals surface area contributed by atoms with Gasteiger partial charge < -0.3 is 20.3 Å². The molecule has 2 N–H and O–H groups in total. The first-order chi connectivity index (χ1) is 14.5. The first-order valence-corrected chi connectivity index (χ1v) is 10.2. The van der Waals surface area contributed by atoms with Gasteiger partial charge in [-0.25, -0.2) is 4.79 Å². The van der Waals surface area contributed by atoms with E-state index >= 15 is 0 Å². The molecule has 0 spiro atoms. The number of carbonyl (C=O) groups excluding carboxylic acids is 3. The first-order valence-electron chi connectivity index (χ1n) is 9.80. The molecule has 2 aromatic rings. The maximum atomic E-state index is 12.3. The number of anilines is 1. The zero-order valence-corrected chi connectivity index (χ0v) is 17.2. The topological polar surface area (TPSA) is 87.7 Å². The number of benzene rings is 2. The van der Waals surface area contributed by atoms with Crippen molar-refractivity contribution in [1.29, 1.82) is 0 Å². The lowest BCUT2D eigenvalue weighted by Gasteiger charge is -2.30. The zero-order chi connectivity index (χ0) is 21.3. The number of urea groups is 1. The standard InChI is InChI=1S/C22H24ClN3O4/c23-18-8-6-16(7-9-18)14-24-20(27)15-30-21(28)17-10-12-26(13-11-17)22(29)25-19-4-2-1-3-5-19/h1-9,17H,10-15H2,(H,24,27)(H,25,29). The van der Waals surface area contributed by atoms with Crippen LogP contribution in [0.25, 0.3) is 0 Å². The molecule has 0 atom stereocenters. The van der Waals surface area contributed by atoms with Crippen molar-refractivity contribution in [2.24, 2.45) is 5.92 Å². The van der Waals surface area contributed by atoms with Crippen LogP contribution in [0, 0.1) is 5.92 Å². The monoisotopic (exact) mass is 429 g/mol. The minimum Gasteiger partial charge on any atom is -0.455 e. The van der Waals surface area contributed by atoms with Gasteiger partial charge in [0.05, 0.1) is 5.92 Å². The van der Waals surface area contributed by atoms with E-state index in [9.17, 15) is 14.4 Å². The average molecular weight is 430 g/mol. The van der Waals surface area contributed by atoms with Gasteiger partial charge in [-0.1, -0.05) is 41.9 Å². The molecule has 0 bridgehead atoms. The Kier molecular flexibility index (Phi) is 7.68. The molecule has 3 rings (SSSR count). The highest BCUT2D eigenvalue weighted by Crippen LogP contribution is 2.19. The summed E-state index contributed by atoms with van der Waals surface area (Å²) in [6.07, 6.45) is 1.01. The molecule has 1 fully saturated rings. The van der Waals surface area contributed by atoms with Gasteiger partial charge in [-0.15, -0.1) is 0 Å². The lowest BCUT2D eigenvalue weighted by atomic mass is 9.97. The number of halogens is 1. The van der Waals surface area contributed by atoms with Crippen molar-refractivity contribution in [3.63, 3.8) is 0 Å². The van der Waals surface area contributed by atoms with Crippen LogP contribution in [0.15, 0.2) is 54.6 Å². The van der Waals surface area contributed by atoms with Crippen LogP contribution in [-0.4, -0.2) is 42.5 Å². The molecule has 1 heterocycles. The minimum atomic E-state index is -0.403. The molecule has 7 nitrogen and oxygen atoms in total. The minimum absolute atomic E-state index is 0.186. The van der Waals surface area contributed by atoms with E-state index in [0.29, 0.717) is 37.5 Å². The van der Waals surface area contributed by atoms with Crippen molar-refractivity contribution < 1.29 is 19.1 Å². The predicted octanol–water partition coefficient (Wildman–Crippen LogP) is 3.44. The van der Waals surface area contributed by atoms with Crippen LogP contribution < -0.4 is 10.6 Å². The molecule has 3 amide bonds. The number of ether oxygens (including phenoxy) is 1. The van der Waals surface area contributed by atoms with E-state index in [-0.39, 0.29) is 24.5 Å². The fourth-order valence-corrected chi connectivity index (χ4v) is 3.28. The third-order valence-corrected chi connectivity index (χ3v) is 5.14. The summed E-state index contributed by atoms with van der Waals surface area (Å²) in [5.41, 5.74) is 1.63. The number of piperidine rings is 1. The quantitative estimate of drug-likeness (QED) is 0.688. The van der Waals surface area contributed by atoms with Gasteiger partial charge >= 0.3 is 12.0 Å². The Morgan fingerprint density at radius 3 is 2.33 bits per heavy atom. The molecule has 2 aromatic carbocycles. The second kappa shape index (κ2) is 10.6. The van der Waals surface area contributed by atoms with E-state index in [1.165, 1.54) is 0 Å². The van der Waals surface area contributed by atoms with E-state index in [2.05, 4.69) is 10.6 Å². The zero-order valence-electron chi connectivity index (χ0n) is 16.5. The van der Waals surface area contributed by atoms with Gasteiger partial charge in [-0.05, 0) is 42.7 Å². The molecular weight excluding hydrogens is 406 g/mol. The third kappa shape index (κ3) is 6.49. The third-order valence-electron chi connectivity index (χ3n) is 4.89. The summed E-state index contributed by atoms with van der Waals surface area (Å²) in [6.45, 7) is 0.936. The van der Waals surface area contributed by atoms with Crippen LogP contribution >= 0.6 is 11.6 Å². The molecule has 1 aliphatic rings. The fraction of sp³-hybridized carbons (Fsp3) is 0.318. The number of amides is 3. The van der Waals surface area contributed by atoms with Crippen LogP contribution in [0.2, 0.25) is 5.02 Å². The van der Waals surface area contributed by atoms with Crippen molar-refractivity contribution in [2.45, 2.75) is 19.4 Å². The molecule has 0 aliphatic carbocycles. The number of para-hydroxylation sites is 1. The second-order valence-corrected chi connectivity index (χ2v) is 7.50. The summed E-state index contributed by atoms with van der Waals surface area (Å²) in [5, 5.41) is 6.17. The number of carbonyl (C=O) groups is 3. The van der Waals surface area contributed by atoms with E-state index < -0.39 is 5.97 Å². The molecule has 1 saturated heterocycles. The van der Waals surface area contributed by atoms with E-state index in [1.54, 1.807) is 17.0 Å². The van der Waals surface area contributed by atoms with Gasteiger partial charge in [0.2, 0.25) is 0 Å². The number of rotatable bonds is 6. The number of hydrogen-bond donors (Lipinski definition) is 2. The largest absolute Gasteiger partial charge is 0.455 e. The molecule has 1 aliphatic heterocycles. The van der Waals surface area contributed by atoms with Gasteiger partial charge in [-0.3, -0.25) is 9.59 Å². The number of esters is 1. The van der Waals surface area contributed by atoms with Gasteiger partial charge in [0.15, 0.2) is 6.61 Å². The number of hydrogen-bond acceptors (Lipinski definition) is 4. The van der Waals surface area contributed by atoms with Crippen molar-refractivity contribution in [1.82, 2.24) is 10.2 Å². The Balaban J connectivity index is 1.35. The maximum absolute atomic E-state index is 12.3. The normalized spacial score (nSPS) is 14.1. The van der Waals surface area contributed by atoms with Crippen LogP contribution in [0.4, 0.5) is 10.5 Å². The lowest BCUT2D eigenvalue weighted by molar-refractivity contribution is -0.153. The van der Waals surface area contributed by atoms with Crippen LogP contribution in [0.3, 0.4) is 0 Å². The van der Waals surface area contributed by atoms with Crippen LogP contribution in [-0.2, 0) is 20.9 Å². The van der Waals surface area contributed by atoms with Crippen LogP contribution in [0.5, 0.6) is 0 Å². The molecule has 0 saturated carbocycles. The summed E-state index contributed by atoms with van der Waals surface area (Å²) < 4.78 is 5.15. The van der Waals surface area contributed by atoms with Crippen molar-refractivity contribution in [3.8, 4) is 0 Å². The van der Waals surface area contributed by atoms with Crippen LogP contribution in [0.1, 0.15) is 18.4 Å². The van der Waals surface area contributed by atoms with Gasteiger partial charge in [0.25, 0.3) is 5.91 Å². The highest BCUT2D eigenvalue weighted by molar-refractivity contribution is 6.30. The maximum Gasteiger partial charge on any atom is 0.321 e. The number of likely N-dealkylation sites (tertiary alicyclic amines) is 1. The molecule has 30 heavy (non-hydrogen) atoms. The Morgan fingerprint density at radius 1 is 1.00 bits per heavy atom. The van der Waals surface area contributed by atoms with E-state index in [4.69, 9.17) is 16.3 Å². The average Bonchev–Trinajstić information content (AvgIpc) is 2.78. The Hall–Kier alpha value is -3.06. The molecule has 0 aromatic heterocycles. The lowest BCUT2D eigenvalue weighted by Crippen LogP contribution is -2.43. The first kappa shape index (κ1) is 21.6. The summed E-state index contributed by atoms with van der Waals surface area (Å²) in [4.78, 5) is 38.1. The summed E-state index contributed by atoms with van der Waals surface area (Å²) >= 11 is 5.83. The van der Waals surface area contributed by atoms with Gasteiger partial charge in [-0.2, -0.15) is 0 Å². The second-order valence-electron chi connectivity index (χ2n) is 7.07. The van der Waals surface area contributed by atoms with Crippen molar-refractivity contribution >= 4 is 35.2 Å². The Bertz CT molecular complexity index is 866. The van der Waals surface area contributed by atoms with Gasteiger partial charge in [0.1, 0.15) is 0 Å².